The molecule has 0 unspecified atom stereocenters. The quantitative estimate of drug-likeness (QED) is 0.747. The highest BCUT2D eigenvalue weighted by molar-refractivity contribution is 7.88. The van der Waals surface area contributed by atoms with Crippen molar-refractivity contribution in [3.05, 3.63) is 35.4 Å². The van der Waals surface area contributed by atoms with E-state index in [9.17, 15) is 18.0 Å². The smallest absolute Gasteiger partial charge is 0.251 e. The fourth-order valence-corrected chi connectivity index (χ4v) is 4.06. The van der Waals surface area contributed by atoms with Gasteiger partial charge in [-0.05, 0) is 36.0 Å². The van der Waals surface area contributed by atoms with Crippen molar-refractivity contribution < 1.29 is 18.0 Å². The van der Waals surface area contributed by atoms with Gasteiger partial charge < -0.3 is 10.2 Å². The van der Waals surface area contributed by atoms with E-state index in [1.807, 2.05) is 12.1 Å². The molecule has 2 N–H and O–H groups in total. The predicted molar refractivity (Wildman–Crippen MR) is 110 cm³/mol. The Morgan fingerprint density at radius 3 is 2.18 bits per heavy atom. The summed E-state index contributed by atoms with van der Waals surface area (Å²) in [6.45, 7) is 7.68. The van der Waals surface area contributed by atoms with E-state index in [4.69, 9.17) is 0 Å². The maximum absolute atomic E-state index is 12.3. The monoisotopic (exact) mass is 409 g/mol. The zero-order chi connectivity index (χ0) is 20.9. The highest BCUT2D eigenvalue weighted by atomic mass is 32.2. The Balaban J connectivity index is 1.74. The number of piperidine rings is 1. The largest absolute Gasteiger partial charge is 0.352 e. The number of sulfonamides is 1. The fraction of sp³-hybridized carbons (Fsp3) is 0.600. The second-order valence-corrected chi connectivity index (χ2v) is 10.2. The van der Waals surface area contributed by atoms with Crippen LogP contribution < -0.4 is 10.0 Å². The van der Waals surface area contributed by atoms with Crippen LogP contribution in [0, 0.1) is 0 Å². The van der Waals surface area contributed by atoms with Gasteiger partial charge in [0.05, 0.1) is 6.26 Å². The Morgan fingerprint density at radius 1 is 1.11 bits per heavy atom. The van der Waals surface area contributed by atoms with Crippen molar-refractivity contribution in [2.75, 3.05) is 25.9 Å². The maximum atomic E-state index is 12.3. The molecule has 7 nitrogen and oxygen atoms in total. The number of rotatable bonds is 6. The highest BCUT2D eigenvalue weighted by Crippen LogP contribution is 2.22. The molecule has 0 atom stereocenters. The van der Waals surface area contributed by atoms with Gasteiger partial charge in [-0.25, -0.2) is 13.1 Å². The summed E-state index contributed by atoms with van der Waals surface area (Å²) in [5, 5.41) is 2.79. The van der Waals surface area contributed by atoms with E-state index in [1.165, 1.54) is 0 Å². The molecule has 0 bridgehead atoms. The molecule has 1 heterocycles. The molecular weight excluding hydrogens is 378 g/mol. The Morgan fingerprint density at radius 2 is 1.68 bits per heavy atom. The molecule has 0 radical (unpaired) electrons. The van der Waals surface area contributed by atoms with Crippen molar-refractivity contribution in [1.29, 1.82) is 0 Å². The number of benzene rings is 1. The molecule has 1 saturated heterocycles. The molecule has 1 aromatic rings. The lowest BCUT2D eigenvalue weighted by Crippen LogP contribution is -2.46. The number of carbonyl (C=O) groups excluding carboxylic acids is 2. The summed E-state index contributed by atoms with van der Waals surface area (Å²) in [6.07, 6.45) is 2.58. The number of carbonyl (C=O) groups is 2. The molecule has 0 aliphatic carbocycles. The number of likely N-dealkylation sites (tertiary alicyclic amines) is 1. The Kier molecular flexibility index (Phi) is 7.22. The Hall–Kier alpha value is -1.93. The van der Waals surface area contributed by atoms with Crippen molar-refractivity contribution in [3.8, 4) is 0 Å². The molecule has 8 heteroatoms. The summed E-state index contributed by atoms with van der Waals surface area (Å²) >= 11 is 0. The summed E-state index contributed by atoms with van der Waals surface area (Å²) < 4.78 is 25.1. The average Bonchev–Trinajstić information content (AvgIpc) is 2.60. The van der Waals surface area contributed by atoms with Gasteiger partial charge in [-0.15, -0.1) is 0 Å². The molecular formula is C20H31N3O4S. The van der Waals surface area contributed by atoms with E-state index >= 15 is 0 Å². The van der Waals surface area contributed by atoms with Gasteiger partial charge in [0.25, 0.3) is 5.91 Å². The molecule has 2 amide bonds. The third kappa shape index (κ3) is 6.91. The number of amides is 2. The lowest BCUT2D eigenvalue weighted by molar-refractivity contribution is -0.132. The van der Waals surface area contributed by atoms with Crippen LogP contribution in [0.5, 0.6) is 0 Å². The van der Waals surface area contributed by atoms with E-state index in [2.05, 4.69) is 30.8 Å². The van der Waals surface area contributed by atoms with E-state index in [-0.39, 0.29) is 36.2 Å². The molecule has 28 heavy (non-hydrogen) atoms. The zero-order valence-corrected chi connectivity index (χ0v) is 17.9. The fourth-order valence-electron chi connectivity index (χ4n) is 3.21. The molecule has 0 saturated carbocycles. The number of nitrogens with zero attached hydrogens (tertiary/aromatic N) is 1. The number of nitrogens with one attached hydrogen (secondary N) is 2. The minimum Gasteiger partial charge on any atom is -0.352 e. The third-order valence-corrected chi connectivity index (χ3v) is 5.63. The maximum Gasteiger partial charge on any atom is 0.251 e. The van der Waals surface area contributed by atoms with Crippen molar-refractivity contribution in [3.63, 3.8) is 0 Å². The van der Waals surface area contributed by atoms with Gasteiger partial charge in [0, 0.05) is 37.7 Å². The second kappa shape index (κ2) is 9.05. The van der Waals surface area contributed by atoms with Gasteiger partial charge in [0.15, 0.2) is 0 Å². The van der Waals surface area contributed by atoms with Crippen molar-refractivity contribution in [2.24, 2.45) is 0 Å². The van der Waals surface area contributed by atoms with Crippen LogP contribution in [-0.4, -0.2) is 57.1 Å². The average molecular weight is 410 g/mol. The minimum absolute atomic E-state index is 0.0267. The zero-order valence-electron chi connectivity index (χ0n) is 17.1. The molecule has 0 spiro atoms. The second-order valence-electron chi connectivity index (χ2n) is 8.38. The number of hydrogen-bond acceptors (Lipinski definition) is 4. The molecule has 1 aliphatic rings. The van der Waals surface area contributed by atoms with E-state index in [0.717, 1.165) is 11.8 Å². The molecule has 1 fully saturated rings. The van der Waals surface area contributed by atoms with Crippen molar-refractivity contribution >= 4 is 21.8 Å². The SMILES string of the molecule is CC(C)(C)c1ccc(C(=O)NCCC(=O)N2CCC(NS(C)(=O)=O)CC2)cc1. The Bertz CT molecular complexity index is 790. The van der Waals surface area contributed by atoms with Gasteiger partial charge in [-0.2, -0.15) is 0 Å². The van der Waals surface area contributed by atoms with Crippen molar-refractivity contribution in [2.45, 2.75) is 51.5 Å². The lowest BCUT2D eigenvalue weighted by Gasteiger charge is -2.32. The summed E-state index contributed by atoms with van der Waals surface area (Å²) in [4.78, 5) is 26.3. The summed E-state index contributed by atoms with van der Waals surface area (Å²) in [7, 11) is -3.22. The van der Waals surface area contributed by atoms with Crippen LogP contribution in [0.2, 0.25) is 0 Å². The topological polar surface area (TPSA) is 95.6 Å². The van der Waals surface area contributed by atoms with Crippen molar-refractivity contribution in [1.82, 2.24) is 14.9 Å². The first-order valence-corrected chi connectivity index (χ1v) is 11.5. The van der Waals surface area contributed by atoms with E-state index < -0.39 is 10.0 Å². The van der Waals surface area contributed by atoms with Gasteiger partial charge >= 0.3 is 0 Å². The van der Waals surface area contributed by atoms with Crippen LogP contribution in [0.3, 0.4) is 0 Å². The number of hydrogen-bond donors (Lipinski definition) is 2. The van der Waals surface area contributed by atoms with Crippen LogP contribution in [-0.2, 0) is 20.2 Å². The van der Waals surface area contributed by atoms with Crippen LogP contribution in [0.25, 0.3) is 0 Å². The molecule has 1 aliphatic heterocycles. The minimum atomic E-state index is -3.22. The summed E-state index contributed by atoms with van der Waals surface area (Å²) in [5.74, 6) is -0.217. The first-order chi connectivity index (χ1) is 13.0. The van der Waals surface area contributed by atoms with Gasteiger partial charge in [-0.3, -0.25) is 9.59 Å². The Labute approximate surface area is 167 Å². The summed E-state index contributed by atoms with van der Waals surface area (Å²) in [5.41, 5.74) is 1.77. The standard InChI is InChI=1S/C20H31N3O4S/c1-20(2,3)16-7-5-15(6-8-16)19(25)21-12-9-18(24)23-13-10-17(11-14-23)22-28(4,26)27/h5-8,17,22H,9-14H2,1-4H3,(H,21,25). The summed E-state index contributed by atoms with van der Waals surface area (Å²) in [6, 6.07) is 7.40. The molecule has 1 aromatic carbocycles. The molecule has 2 rings (SSSR count). The van der Waals surface area contributed by atoms with Gasteiger partial charge in [0.2, 0.25) is 15.9 Å². The normalized spacial score (nSPS) is 16.1. The highest BCUT2D eigenvalue weighted by Gasteiger charge is 2.24. The van der Waals surface area contributed by atoms with Gasteiger partial charge in [0.1, 0.15) is 0 Å². The van der Waals surface area contributed by atoms with Crippen LogP contribution in [0.15, 0.2) is 24.3 Å². The molecule has 156 valence electrons. The lowest BCUT2D eigenvalue weighted by atomic mass is 9.87. The first-order valence-electron chi connectivity index (χ1n) is 9.59. The predicted octanol–water partition coefficient (Wildman–Crippen LogP) is 1.64. The van der Waals surface area contributed by atoms with Crippen LogP contribution in [0.4, 0.5) is 0 Å². The van der Waals surface area contributed by atoms with Crippen LogP contribution >= 0.6 is 0 Å². The first kappa shape index (κ1) is 22.4. The van der Waals surface area contributed by atoms with Gasteiger partial charge in [-0.1, -0.05) is 32.9 Å². The van der Waals surface area contributed by atoms with E-state index in [1.54, 1.807) is 17.0 Å². The van der Waals surface area contributed by atoms with Crippen LogP contribution in [0.1, 0.15) is 56.0 Å². The van der Waals surface area contributed by atoms with E-state index in [0.29, 0.717) is 31.5 Å². The molecule has 0 aromatic heterocycles. The third-order valence-electron chi connectivity index (χ3n) is 4.87.